The van der Waals surface area contributed by atoms with Crippen LogP contribution < -0.4 is 15.6 Å². The number of anilines is 2. The fourth-order valence-corrected chi connectivity index (χ4v) is 9.88. The molecule has 11 rings (SSSR count). The Morgan fingerprint density at radius 3 is 2.09 bits per heavy atom. The van der Waals surface area contributed by atoms with Crippen LogP contribution in [0.4, 0.5) is 11.4 Å². The number of nitrogens with zero attached hydrogens (tertiary/aromatic N) is 1. The van der Waals surface area contributed by atoms with Crippen LogP contribution in [0.1, 0.15) is 52.7 Å². The van der Waals surface area contributed by atoms with Gasteiger partial charge in [-0.25, -0.2) is 0 Å². The van der Waals surface area contributed by atoms with Crippen molar-refractivity contribution in [3.8, 4) is 16.8 Å². The largest absolute Gasteiger partial charge is 0.456 e. The standard InChI is InChI=1S/C50H40BN2OS/c1-49(2,3)30-15-18-32(19-16-30)52-40-24-29-12-8-7-11-28(29)23-36(40)34-20-21-35-37-27-43-38(33-13-9-10-14-42(33)54-43)26-41(37)53-46(35)45(34)51-48-47(53)39-25-31(50(4,5)6)17-22-44(39)55-48/h7-27,52H,1-6H3. The summed E-state index contributed by atoms with van der Waals surface area (Å²) in [5.74, 6) is 0. The Balaban J connectivity index is 1.21. The van der Waals surface area contributed by atoms with Crippen molar-refractivity contribution in [3.63, 3.8) is 0 Å². The van der Waals surface area contributed by atoms with E-state index in [9.17, 15) is 0 Å². The van der Waals surface area contributed by atoms with Gasteiger partial charge >= 0.3 is 0 Å². The highest BCUT2D eigenvalue weighted by atomic mass is 32.1. The molecule has 55 heavy (non-hydrogen) atoms. The second-order valence-corrected chi connectivity index (χ2v) is 18.4. The molecule has 1 aliphatic rings. The average Bonchev–Trinajstić information content (AvgIpc) is 3.82. The molecule has 0 atom stereocenters. The van der Waals surface area contributed by atoms with E-state index in [2.05, 4.69) is 186 Å². The van der Waals surface area contributed by atoms with Gasteiger partial charge in [0.15, 0.2) is 0 Å². The van der Waals surface area contributed by atoms with Crippen molar-refractivity contribution in [1.82, 2.24) is 4.57 Å². The Morgan fingerprint density at radius 1 is 0.582 bits per heavy atom. The zero-order valence-corrected chi connectivity index (χ0v) is 32.8. The van der Waals surface area contributed by atoms with Crippen molar-refractivity contribution in [3.05, 3.63) is 139 Å². The number of furan rings is 1. The van der Waals surface area contributed by atoms with Crippen molar-refractivity contribution >= 4 is 105 Å². The van der Waals surface area contributed by atoms with Crippen molar-refractivity contribution in [2.45, 2.75) is 52.4 Å². The number of nitrogens with one attached hydrogen (secondary N) is 1. The van der Waals surface area contributed by atoms with E-state index in [0.717, 1.165) is 33.3 Å². The summed E-state index contributed by atoms with van der Waals surface area (Å²) in [4.78, 5) is 0. The van der Waals surface area contributed by atoms with Crippen molar-refractivity contribution in [2.24, 2.45) is 0 Å². The van der Waals surface area contributed by atoms with Crippen LogP contribution in [0.5, 0.6) is 0 Å². The minimum atomic E-state index is 0.0367. The molecule has 0 unspecified atom stereocenters. The topological polar surface area (TPSA) is 30.1 Å². The first kappa shape index (κ1) is 32.6. The Morgan fingerprint density at radius 2 is 1.31 bits per heavy atom. The van der Waals surface area contributed by atoms with Gasteiger partial charge in [-0.15, -0.1) is 11.3 Å². The lowest BCUT2D eigenvalue weighted by atomic mass is 9.63. The van der Waals surface area contributed by atoms with Crippen LogP contribution in [0.25, 0.3) is 81.4 Å². The third kappa shape index (κ3) is 4.95. The van der Waals surface area contributed by atoms with Gasteiger partial charge in [-0.3, -0.25) is 0 Å². The molecule has 1 radical (unpaired) electrons. The smallest absolute Gasteiger partial charge is 0.211 e. The van der Waals surface area contributed by atoms with Crippen molar-refractivity contribution < 1.29 is 4.42 Å². The van der Waals surface area contributed by atoms with Crippen LogP contribution in [0.15, 0.2) is 132 Å². The van der Waals surface area contributed by atoms with E-state index in [4.69, 9.17) is 4.42 Å². The molecule has 0 bridgehead atoms. The fraction of sp³-hybridized carbons (Fsp3) is 0.160. The highest BCUT2D eigenvalue weighted by Gasteiger charge is 2.31. The van der Waals surface area contributed by atoms with Gasteiger partial charge in [0.1, 0.15) is 11.2 Å². The highest BCUT2D eigenvalue weighted by Crippen LogP contribution is 2.44. The van der Waals surface area contributed by atoms with Crippen molar-refractivity contribution in [2.75, 3.05) is 5.32 Å². The Bertz CT molecular complexity index is 3220. The quantitative estimate of drug-likeness (QED) is 0.184. The second kappa shape index (κ2) is 11.4. The minimum Gasteiger partial charge on any atom is -0.456 e. The maximum Gasteiger partial charge on any atom is 0.211 e. The highest BCUT2D eigenvalue weighted by molar-refractivity contribution is 7.29. The first-order valence-corrected chi connectivity index (χ1v) is 20.1. The van der Waals surface area contributed by atoms with E-state index >= 15 is 0 Å². The lowest BCUT2D eigenvalue weighted by Crippen LogP contribution is -2.35. The van der Waals surface area contributed by atoms with E-state index in [0.29, 0.717) is 0 Å². The molecule has 1 N–H and O–H groups in total. The molecule has 0 saturated heterocycles. The van der Waals surface area contributed by atoms with Crippen LogP contribution in [0.2, 0.25) is 0 Å². The molecule has 3 nitrogen and oxygen atoms in total. The van der Waals surface area contributed by atoms with Gasteiger partial charge < -0.3 is 14.3 Å². The van der Waals surface area contributed by atoms with Crippen LogP contribution >= 0.6 is 11.3 Å². The monoisotopic (exact) mass is 727 g/mol. The third-order valence-electron chi connectivity index (χ3n) is 11.7. The number of fused-ring (bicyclic) bond motifs is 11. The SMILES string of the molecule is CC(C)(C)c1ccc(Nc2cc3ccccc3cc2-c2ccc3c4cc5oc6ccccc6c5cc4n4c3c2[B]c2sc3ccc(C(C)(C)C)cc3c2-4)cc1. The predicted molar refractivity (Wildman–Crippen MR) is 239 cm³/mol. The molecule has 3 aromatic heterocycles. The molecule has 10 aromatic rings. The lowest BCUT2D eigenvalue weighted by molar-refractivity contribution is 0.590. The summed E-state index contributed by atoms with van der Waals surface area (Å²) in [6, 6.07) is 47.1. The van der Waals surface area contributed by atoms with E-state index in [-0.39, 0.29) is 10.8 Å². The van der Waals surface area contributed by atoms with Gasteiger partial charge in [-0.05, 0) is 103 Å². The maximum atomic E-state index is 6.48. The molecular weight excluding hydrogens is 687 g/mol. The van der Waals surface area contributed by atoms with E-state index in [1.165, 1.54) is 80.8 Å². The summed E-state index contributed by atoms with van der Waals surface area (Å²) in [6.07, 6.45) is 0. The van der Waals surface area contributed by atoms with Gasteiger partial charge in [0.2, 0.25) is 7.28 Å². The fourth-order valence-electron chi connectivity index (χ4n) is 8.77. The number of rotatable bonds is 3. The lowest BCUT2D eigenvalue weighted by Gasteiger charge is -2.23. The molecule has 0 aliphatic carbocycles. The predicted octanol–water partition coefficient (Wildman–Crippen LogP) is 13.0. The molecule has 265 valence electrons. The zero-order chi connectivity index (χ0) is 37.4. The molecule has 1 aliphatic heterocycles. The molecule has 0 saturated carbocycles. The molecule has 5 heteroatoms. The van der Waals surface area contributed by atoms with Crippen molar-refractivity contribution in [1.29, 1.82) is 0 Å². The first-order valence-electron chi connectivity index (χ1n) is 19.2. The number of hydrogen-bond donors (Lipinski definition) is 1. The number of benzene rings is 7. The van der Waals surface area contributed by atoms with Gasteiger partial charge in [0, 0.05) is 54.1 Å². The van der Waals surface area contributed by atoms with Gasteiger partial charge in [-0.1, -0.05) is 114 Å². The van der Waals surface area contributed by atoms with Gasteiger partial charge in [-0.2, -0.15) is 0 Å². The Labute approximate surface area is 325 Å². The molecular formula is C50H40BN2OS. The van der Waals surface area contributed by atoms with Crippen LogP contribution in [-0.4, -0.2) is 11.8 Å². The summed E-state index contributed by atoms with van der Waals surface area (Å²) in [6.45, 7) is 13.7. The summed E-state index contributed by atoms with van der Waals surface area (Å²) < 4.78 is 11.6. The molecule has 0 fully saturated rings. The zero-order valence-electron chi connectivity index (χ0n) is 32.0. The van der Waals surface area contributed by atoms with Crippen LogP contribution in [-0.2, 0) is 10.8 Å². The third-order valence-corrected chi connectivity index (χ3v) is 12.8. The number of aromatic nitrogens is 1. The summed E-state index contributed by atoms with van der Waals surface area (Å²) in [7, 11) is 2.46. The summed E-state index contributed by atoms with van der Waals surface area (Å²) >= 11 is 1.89. The first-order chi connectivity index (χ1) is 26.5. The molecule has 7 aromatic carbocycles. The van der Waals surface area contributed by atoms with E-state index < -0.39 is 0 Å². The Hall–Kier alpha value is -5.78. The molecule has 0 spiro atoms. The van der Waals surface area contributed by atoms with Crippen LogP contribution in [0.3, 0.4) is 0 Å². The average molecular weight is 728 g/mol. The number of thiophene rings is 1. The minimum absolute atomic E-state index is 0.0367. The normalized spacial score (nSPS) is 13.1. The summed E-state index contributed by atoms with van der Waals surface area (Å²) in [5, 5.41) is 12.3. The van der Waals surface area contributed by atoms with E-state index in [1.807, 2.05) is 11.3 Å². The molecule has 4 heterocycles. The van der Waals surface area contributed by atoms with Gasteiger partial charge in [0.05, 0.1) is 11.2 Å². The molecule has 0 amide bonds. The number of para-hydroxylation sites is 1. The maximum absolute atomic E-state index is 6.48. The Kier molecular flexibility index (Phi) is 6.75. The van der Waals surface area contributed by atoms with Crippen LogP contribution in [0, 0.1) is 0 Å². The number of hydrogen-bond acceptors (Lipinski definition) is 3. The summed E-state index contributed by atoms with van der Waals surface area (Å²) in [5.41, 5.74) is 14.2. The second-order valence-electron chi connectivity index (χ2n) is 17.3. The van der Waals surface area contributed by atoms with E-state index in [1.54, 1.807) is 0 Å². The van der Waals surface area contributed by atoms with Gasteiger partial charge in [0.25, 0.3) is 0 Å².